The van der Waals surface area contributed by atoms with Gasteiger partial charge in [-0.25, -0.2) is 13.2 Å². The van der Waals surface area contributed by atoms with Crippen molar-refractivity contribution >= 4 is 33.3 Å². The van der Waals surface area contributed by atoms with Crippen molar-refractivity contribution in [2.45, 2.75) is 24.1 Å². The first-order valence-corrected chi connectivity index (χ1v) is 12.2. The van der Waals surface area contributed by atoms with Crippen LogP contribution in [0, 0.1) is 0 Å². The Morgan fingerprint density at radius 1 is 0.946 bits per heavy atom. The molecule has 3 aromatic carbocycles. The number of halogens is 3. The van der Waals surface area contributed by atoms with Crippen LogP contribution in [-0.4, -0.2) is 40.6 Å². The van der Waals surface area contributed by atoms with Gasteiger partial charge in [-0.2, -0.15) is 13.2 Å². The second kappa shape index (κ2) is 10.9. The number of ether oxygens (including phenoxy) is 2. The quantitative estimate of drug-likeness (QED) is 0.418. The Morgan fingerprint density at radius 3 is 2.11 bits per heavy atom. The van der Waals surface area contributed by atoms with Gasteiger partial charge in [0.15, 0.2) is 6.10 Å². The number of nitrogens with one attached hydrogen (secondary N) is 1. The second-order valence-corrected chi connectivity index (χ2v) is 9.75. The topological polar surface area (TPSA) is 102 Å². The van der Waals surface area contributed by atoms with E-state index in [4.69, 9.17) is 9.47 Å². The summed E-state index contributed by atoms with van der Waals surface area (Å²) in [5, 5.41) is 2.36. The predicted octanol–water partition coefficient (Wildman–Crippen LogP) is 4.72. The lowest BCUT2D eigenvalue weighted by atomic mass is 10.2. The van der Waals surface area contributed by atoms with Gasteiger partial charge in [0.05, 0.1) is 28.8 Å². The molecule has 8 nitrogen and oxygen atoms in total. The Hall–Kier alpha value is -4.06. The Labute approximate surface area is 211 Å². The minimum atomic E-state index is -4.51. The highest BCUT2D eigenvalue weighted by atomic mass is 32.2. The Kier molecular flexibility index (Phi) is 8.12. The van der Waals surface area contributed by atoms with E-state index >= 15 is 0 Å². The van der Waals surface area contributed by atoms with Crippen LogP contribution in [0.2, 0.25) is 0 Å². The molecule has 3 rings (SSSR count). The van der Waals surface area contributed by atoms with E-state index in [9.17, 15) is 31.2 Å². The minimum Gasteiger partial charge on any atom is -0.495 e. The van der Waals surface area contributed by atoms with Crippen LogP contribution in [0.15, 0.2) is 77.7 Å². The third-order valence-corrected chi connectivity index (χ3v) is 7.09. The number of carbonyl (C=O) groups excluding carboxylic acids is 2. The summed E-state index contributed by atoms with van der Waals surface area (Å²) in [6, 6.07) is 15.3. The van der Waals surface area contributed by atoms with Gasteiger partial charge < -0.3 is 14.8 Å². The van der Waals surface area contributed by atoms with E-state index < -0.39 is 39.7 Å². The summed E-state index contributed by atoms with van der Waals surface area (Å²) in [5.41, 5.74) is -0.464. The number of nitrogens with zero attached hydrogens (tertiary/aromatic N) is 1. The van der Waals surface area contributed by atoms with E-state index in [0.717, 1.165) is 28.6 Å². The fourth-order valence-electron chi connectivity index (χ4n) is 3.21. The summed E-state index contributed by atoms with van der Waals surface area (Å²) < 4.78 is 75.5. The Balaban J connectivity index is 1.66. The third kappa shape index (κ3) is 6.39. The average molecular weight is 537 g/mol. The molecular weight excluding hydrogens is 513 g/mol. The summed E-state index contributed by atoms with van der Waals surface area (Å²) in [4.78, 5) is 24.7. The number of hydrogen-bond donors (Lipinski definition) is 1. The minimum absolute atomic E-state index is 0.00641. The molecule has 0 heterocycles. The molecule has 0 saturated carbocycles. The largest absolute Gasteiger partial charge is 0.495 e. The number of hydrogen-bond acceptors (Lipinski definition) is 6. The maximum absolute atomic E-state index is 13.0. The third-order valence-electron chi connectivity index (χ3n) is 5.31. The zero-order valence-electron chi connectivity index (χ0n) is 19.9. The van der Waals surface area contributed by atoms with Gasteiger partial charge in [0, 0.05) is 12.7 Å². The number of esters is 1. The lowest BCUT2D eigenvalue weighted by Crippen LogP contribution is -2.30. The van der Waals surface area contributed by atoms with Gasteiger partial charge in [-0.1, -0.05) is 12.1 Å². The zero-order chi connectivity index (χ0) is 27.4. The molecule has 3 aromatic rings. The highest BCUT2D eigenvalue weighted by Gasteiger charge is 2.30. The normalized spacial score (nSPS) is 12.4. The van der Waals surface area contributed by atoms with E-state index in [2.05, 4.69) is 5.32 Å². The zero-order valence-corrected chi connectivity index (χ0v) is 20.8. The second-order valence-electron chi connectivity index (χ2n) is 7.78. The number of rotatable bonds is 8. The molecule has 0 bridgehead atoms. The lowest BCUT2D eigenvalue weighted by Gasteiger charge is -2.21. The van der Waals surface area contributed by atoms with E-state index in [1.54, 1.807) is 24.3 Å². The summed E-state index contributed by atoms with van der Waals surface area (Å²) >= 11 is 0. The van der Waals surface area contributed by atoms with Crippen LogP contribution in [0.3, 0.4) is 0 Å². The molecular formula is C25H23F3N2O6S. The van der Waals surface area contributed by atoms with Crippen LogP contribution < -0.4 is 14.4 Å². The fraction of sp³-hybridized carbons (Fsp3) is 0.200. The number of alkyl halides is 3. The van der Waals surface area contributed by atoms with Crippen LogP contribution in [0.1, 0.15) is 22.8 Å². The van der Waals surface area contributed by atoms with Gasteiger partial charge in [-0.05, 0) is 67.6 Å². The molecule has 0 saturated heterocycles. The number of amides is 1. The lowest BCUT2D eigenvalue weighted by molar-refractivity contribution is -0.137. The first-order chi connectivity index (χ1) is 17.3. The Morgan fingerprint density at radius 2 is 1.54 bits per heavy atom. The van der Waals surface area contributed by atoms with Crippen molar-refractivity contribution in [3.8, 4) is 5.75 Å². The van der Waals surface area contributed by atoms with Crippen LogP contribution in [0.5, 0.6) is 5.75 Å². The van der Waals surface area contributed by atoms with Gasteiger partial charge in [0.2, 0.25) is 0 Å². The van der Waals surface area contributed by atoms with Crippen LogP contribution >= 0.6 is 0 Å². The van der Waals surface area contributed by atoms with E-state index in [1.165, 1.54) is 45.3 Å². The van der Waals surface area contributed by atoms with Gasteiger partial charge in [0.25, 0.3) is 15.9 Å². The van der Waals surface area contributed by atoms with Crippen molar-refractivity contribution in [2.75, 3.05) is 23.8 Å². The molecule has 0 aliphatic carbocycles. The van der Waals surface area contributed by atoms with E-state index in [0.29, 0.717) is 11.4 Å². The number of benzene rings is 3. The smallest absolute Gasteiger partial charge is 0.416 e. The van der Waals surface area contributed by atoms with Crippen LogP contribution in [0.25, 0.3) is 0 Å². The highest BCUT2D eigenvalue weighted by molar-refractivity contribution is 7.92. The van der Waals surface area contributed by atoms with E-state index in [1.807, 2.05) is 0 Å². The summed E-state index contributed by atoms with van der Waals surface area (Å²) in [5.74, 6) is -1.29. The standard InChI is InChI=1S/C25H23F3N2O6S/c1-16(23(31)29-19-12-10-18(11-13-19)25(26,27)28)36-24(32)17-8-14-20(15-9-17)37(33,34)30(2)21-6-4-5-7-22(21)35-3/h4-16H,1-3H3,(H,29,31)/t16-/m1/s1. The molecule has 0 fully saturated rings. The molecule has 0 aromatic heterocycles. The van der Waals surface area contributed by atoms with Crippen molar-refractivity contribution in [1.82, 2.24) is 0 Å². The van der Waals surface area contributed by atoms with Crippen molar-refractivity contribution in [1.29, 1.82) is 0 Å². The highest BCUT2D eigenvalue weighted by Crippen LogP contribution is 2.31. The number of anilines is 2. The molecule has 1 amide bonds. The molecule has 196 valence electrons. The van der Waals surface area contributed by atoms with Gasteiger partial charge in [-0.3, -0.25) is 9.10 Å². The van der Waals surface area contributed by atoms with Crippen LogP contribution in [-0.2, 0) is 25.7 Å². The predicted molar refractivity (Wildman–Crippen MR) is 130 cm³/mol. The Bertz CT molecular complexity index is 1370. The number of para-hydroxylation sites is 2. The first kappa shape index (κ1) is 27.5. The maximum atomic E-state index is 13.0. The molecule has 0 unspecified atom stereocenters. The first-order valence-electron chi connectivity index (χ1n) is 10.8. The number of sulfonamides is 1. The van der Waals surface area contributed by atoms with E-state index in [-0.39, 0.29) is 16.1 Å². The molecule has 0 spiro atoms. The molecule has 0 radical (unpaired) electrons. The molecule has 12 heteroatoms. The van der Waals surface area contributed by atoms with Crippen LogP contribution in [0.4, 0.5) is 24.5 Å². The van der Waals surface area contributed by atoms with Gasteiger partial charge in [0.1, 0.15) is 5.75 Å². The molecule has 1 atom stereocenters. The SMILES string of the molecule is COc1ccccc1N(C)S(=O)(=O)c1ccc(C(=O)O[C@H](C)C(=O)Nc2ccc(C(F)(F)F)cc2)cc1. The van der Waals surface area contributed by atoms with Crippen molar-refractivity contribution in [3.05, 3.63) is 83.9 Å². The summed E-state index contributed by atoms with van der Waals surface area (Å²) in [7, 11) is -1.20. The molecule has 1 N–H and O–H groups in total. The van der Waals surface area contributed by atoms with Crippen molar-refractivity contribution in [2.24, 2.45) is 0 Å². The van der Waals surface area contributed by atoms with Gasteiger partial charge >= 0.3 is 12.1 Å². The monoisotopic (exact) mass is 536 g/mol. The molecule has 0 aliphatic rings. The molecule has 37 heavy (non-hydrogen) atoms. The number of methoxy groups -OCH3 is 1. The molecule has 0 aliphatic heterocycles. The summed E-state index contributed by atoms with van der Waals surface area (Å²) in [6.07, 6.45) is -5.79. The van der Waals surface area contributed by atoms with Crippen molar-refractivity contribution in [3.63, 3.8) is 0 Å². The van der Waals surface area contributed by atoms with Gasteiger partial charge in [-0.15, -0.1) is 0 Å². The fourth-order valence-corrected chi connectivity index (χ4v) is 4.42. The van der Waals surface area contributed by atoms with Crippen molar-refractivity contribution < 1.29 is 40.7 Å². The average Bonchev–Trinajstić information content (AvgIpc) is 2.87. The summed E-state index contributed by atoms with van der Waals surface area (Å²) in [6.45, 7) is 1.29. The number of carbonyl (C=O) groups is 2. The maximum Gasteiger partial charge on any atom is 0.416 e.